The summed E-state index contributed by atoms with van der Waals surface area (Å²) in [7, 11) is 0. The maximum atomic E-state index is 14.6. The van der Waals surface area contributed by atoms with Gasteiger partial charge in [0, 0.05) is 18.0 Å². The predicted octanol–water partition coefficient (Wildman–Crippen LogP) is 6.01. The van der Waals surface area contributed by atoms with E-state index in [2.05, 4.69) is 5.32 Å². The standard InChI is InChI=1S/C21H17ClF3N/c22-19-16(11-12-18(23)20(19)24)21(25)26-13-17(14-7-3-1-4-8-14)15-9-5-2-6-10-15/h1-12,17,21,26H,13H2. The highest BCUT2D eigenvalue weighted by molar-refractivity contribution is 6.31. The van der Waals surface area contributed by atoms with E-state index in [9.17, 15) is 13.2 Å². The van der Waals surface area contributed by atoms with Crippen LogP contribution in [0.25, 0.3) is 0 Å². The largest absolute Gasteiger partial charge is 0.283 e. The van der Waals surface area contributed by atoms with Crippen molar-refractivity contribution in [2.75, 3.05) is 6.54 Å². The highest BCUT2D eigenvalue weighted by Crippen LogP contribution is 2.30. The number of rotatable bonds is 6. The molecule has 1 N–H and O–H groups in total. The van der Waals surface area contributed by atoms with E-state index in [-0.39, 0.29) is 18.0 Å². The lowest BCUT2D eigenvalue weighted by molar-refractivity contribution is 0.277. The Morgan fingerprint density at radius 1 is 0.808 bits per heavy atom. The molecule has 0 saturated carbocycles. The van der Waals surface area contributed by atoms with Crippen LogP contribution in [0.15, 0.2) is 72.8 Å². The number of benzene rings is 3. The fourth-order valence-electron chi connectivity index (χ4n) is 2.87. The first-order chi connectivity index (χ1) is 12.6. The molecule has 0 aliphatic rings. The second kappa shape index (κ2) is 8.39. The van der Waals surface area contributed by atoms with Gasteiger partial charge in [-0.1, -0.05) is 78.3 Å². The second-order valence-corrected chi connectivity index (χ2v) is 6.29. The summed E-state index contributed by atoms with van der Waals surface area (Å²) in [5.41, 5.74) is 1.93. The molecule has 0 saturated heterocycles. The fourth-order valence-corrected chi connectivity index (χ4v) is 3.12. The van der Waals surface area contributed by atoms with Crippen molar-refractivity contribution in [3.63, 3.8) is 0 Å². The van der Waals surface area contributed by atoms with Crippen LogP contribution >= 0.6 is 11.6 Å². The smallest absolute Gasteiger partial charge is 0.178 e. The van der Waals surface area contributed by atoms with E-state index in [0.29, 0.717) is 0 Å². The van der Waals surface area contributed by atoms with Gasteiger partial charge < -0.3 is 0 Å². The van der Waals surface area contributed by atoms with Crippen LogP contribution in [0.3, 0.4) is 0 Å². The zero-order valence-corrected chi connectivity index (χ0v) is 14.6. The number of hydrogen-bond donors (Lipinski definition) is 1. The molecule has 26 heavy (non-hydrogen) atoms. The zero-order valence-electron chi connectivity index (χ0n) is 13.8. The molecule has 3 aromatic carbocycles. The molecule has 0 fully saturated rings. The molecule has 0 heterocycles. The minimum atomic E-state index is -1.72. The van der Waals surface area contributed by atoms with E-state index >= 15 is 0 Å². The molecule has 0 aliphatic heterocycles. The number of hydrogen-bond acceptors (Lipinski definition) is 1. The maximum absolute atomic E-state index is 14.6. The van der Waals surface area contributed by atoms with Gasteiger partial charge in [-0.15, -0.1) is 0 Å². The molecule has 1 nitrogen and oxygen atoms in total. The molecular weight excluding hydrogens is 359 g/mol. The quantitative estimate of drug-likeness (QED) is 0.411. The van der Waals surface area contributed by atoms with Crippen molar-refractivity contribution in [2.45, 2.75) is 12.2 Å². The van der Waals surface area contributed by atoms with Gasteiger partial charge in [0.15, 0.2) is 17.9 Å². The average molecular weight is 376 g/mol. The van der Waals surface area contributed by atoms with E-state index in [1.807, 2.05) is 60.7 Å². The Morgan fingerprint density at radius 2 is 1.35 bits per heavy atom. The third-order valence-electron chi connectivity index (χ3n) is 4.24. The van der Waals surface area contributed by atoms with Gasteiger partial charge in [0.1, 0.15) is 0 Å². The molecule has 5 heteroatoms. The SMILES string of the molecule is Fc1ccc(C(F)NCC(c2ccccc2)c2ccccc2)c(Cl)c1F. The monoisotopic (exact) mass is 375 g/mol. The molecule has 0 aromatic heterocycles. The zero-order chi connectivity index (χ0) is 18.5. The van der Waals surface area contributed by atoms with Crippen LogP contribution in [0.4, 0.5) is 13.2 Å². The Hall–Kier alpha value is -2.30. The molecule has 0 bridgehead atoms. The van der Waals surface area contributed by atoms with Gasteiger partial charge in [0.2, 0.25) is 0 Å². The van der Waals surface area contributed by atoms with E-state index in [1.165, 1.54) is 0 Å². The molecule has 0 spiro atoms. The van der Waals surface area contributed by atoms with Crippen LogP contribution in [-0.2, 0) is 0 Å². The Labute approximate surface area is 155 Å². The predicted molar refractivity (Wildman–Crippen MR) is 97.9 cm³/mol. The summed E-state index contributed by atoms with van der Waals surface area (Å²) in [6.45, 7) is 0.268. The lowest BCUT2D eigenvalue weighted by Crippen LogP contribution is -2.25. The highest BCUT2D eigenvalue weighted by atomic mass is 35.5. The van der Waals surface area contributed by atoms with E-state index < -0.39 is 23.0 Å². The van der Waals surface area contributed by atoms with Crippen molar-refractivity contribution in [3.8, 4) is 0 Å². The summed E-state index contributed by atoms with van der Waals surface area (Å²) in [4.78, 5) is 0. The second-order valence-electron chi connectivity index (χ2n) is 5.91. The molecule has 0 amide bonds. The third kappa shape index (κ3) is 4.09. The van der Waals surface area contributed by atoms with E-state index in [4.69, 9.17) is 11.6 Å². The van der Waals surface area contributed by atoms with Gasteiger partial charge in [0.05, 0.1) is 5.02 Å². The minimum Gasteiger partial charge on any atom is -0.283 e. The van der Waals surface area contributed by atoms with Gasteiger partial charge >= 0.3 is 0 Å². The first-order valence-electron chi connectivity index (χ1n) is 8.18. The Kier molecular flexibility index (Phi) is 5.96. The van der Waals surface area contributed by atoms with Crippen molar-refractivity contribution in [3.05, 3.63) is 106 Å². The molecule has 0 radical (unpaired) electrons. The summed E-state index contributed by atoms with van der Waals surface area (Å²) in [6, 6.07) is 21.4. The lowest BCUT2D eigenvalue weighted by Gasteiger charge is -2.21. The van der Waals surface area contributed by atoms with Crippen LogP contribution in [0.2, 0.25) is 5.02 Å². The number of alkyl halides is 1. The third-order valence-corrected chi connectivity index (χ3v) is 4.63. The van der Waals surface area contributed by atoms with Crippen LogP contribution in [0.1, 0.15) is 28.9 Å². The molecule has 0 aliphatic carbocycles. The normalized spacial score (nSPS) is 12.3. The first kappa shape index (κ1) is 18.5. The molecule has 3 aromatic rings. The average Bonchev–Trinajstić information content (AvgIpc) is 2.68. The lowest BCUT2D eigenvalue weighted by atomic mass is 9.91. The molecule has 3 rings (SSSR count). The van der Waals surface area contributed by atoms with Crippen molar-refractivity contribution in [2.24, 2.45) is 0 Å². The van der Waals surface area contributed by atoms with Crippen molar-refractivity contribution < 1.29 is 13.2 Å². The first-order valence-corrected chi connectivity index (χ1v) is 8.56. The molecule has 1 atom stereocenters. The Morgan fingerprint density at radius 3 is 1.88 bits per heavy atom. The summed E-state index contributed by atoms with van der Waals surface area (Å²) < 4.78 is 41.4. The van der Waals surface area contributed by atoms with Crippen LogP contribution in [-0.4, -0.2) is 6.54 Å². The van der Waals surface area contributed by atoms with Gasteiger partial charge in [-0.25, -0.2) is 13.2 Å². The maximum Gasteiger partial charge on any atom is 0.178 e. The summed E-state index contributed by atoms with van der Waals surface area (Å²) in [6.07, 6.45) is -1.72. The van der Waals surface area contributed by atoms with Crippen LogP contribution in [0, 0.1) is 11.6 Å². The van der Waals surface area contributed by atoms with Crippen molar-refractivity contribution >= 4 is 11.6 Å². The topological polar surface area (TPSA) is 12.0 Å². The van der Waals surface area contributed by atoms with E-state index in [1.54, 1.807) is 0 Å². The Balaban J connectivity index is 1.81. The van der Waals surface area contributed by atoms with Gasteiger partial charge in [-0.3, -0.25) is 5.32 Å². The minimum absolute atomic E-state index is 0.0975. The van der Waals surface area contributed by atoms with Crippen molar-refractivity contribution in [1.82, 2.24) is 5.32 Å². The molecule has 1 unspecified atom stereocenters. The number of nitrogens with one attached hydrogen (secondary N) is 1. The van der Waals surface area contributed by atoms with E-state index in [0.717, 1.165) is 23.3 Å². The van der Waals surface area contributed by atoms with Gasteiger partial charge in [-0.05, 0) is 17.2 Å². The fraction of sp³-hybridized carbons (Fsp3) is 0.143. The number of halogens is 4. The Bertz CT molecular complexity index is 816. The van der Waals surface area contributed by atoms with Gasteiger partial charge in [-0.2, -0.15) is 0 Å². The molecular formula is C21H17ClF3N. The summed E-state index contributed by atoms with van der Waals surface area (Å²) in [5, 5.41) is 2.20. The highest BCUT2D eigenvalue weighted by Gasteiger charge is 2.21. The van der Waals surface area contributed by atoms with Crippen molar-refractivity contribution in [1.29, 1.82) is 0 Å². The summed E-state index contributed by atoms with van der Waals surface area (Å²) >= 11 is 5.75. The summed E-state index contributed by atoms with van der Waals surface area (Å²) in [5.74, 6) is -2.44. The molecule has 134 valence electrons. The van der Waals surface area contributed by atoms with Crippen LogP contribution < -0.4 is 5.32 Å². The van der Waals surface area contributed by atoms with Gasteiger partial charge in [0.25, 0.3) is 0 Å². The van der Waals surface area contributed by atoms with Crippen LogP contribution in [0.5, 0.6) is 0 Å².